The zero-order chi connectivity index (χ0) is 16.1. The molecule has 0 fully saturated rings. The molecular weight excluding hydrogens is 389 g/mol. The summed E-state index contributed by atoms with van der Waals surface area (Å²) in [5.41, 5.74) is 0.801. The van der Waals surface area contributed by atoms with E-state index in [0.29, 0.717) is 22.3 Å². The van der Waals surface area contributed by atoms with E-state index in [4.69, 9.17) is 27.9 Å². The topological polar surface area (TPSA) is 38.3 Å². The maximum atomic E-state index is 12.1. The summed E-state index contributed by atoms with van der Waals surface area (Å²) in [7, 11) is 0. The van der Waals surface area contributed by atoms with Crippen LogP contribution in [-0.2, 0) is 11.3 Å². The van der Waals surface area contributed by atoms with E-state index in [1.54, 1.807) is 37.3 Å². The van der Waals surface area contributed by atoms with Crippen molar-refractivity contribution < 1.29 is 9.53 Å². The van der Waals surface area contributed by atoms with E-state index in [1.807, 2.05) is 12.1 Å². The molecule has 3 nitrogen and oxygen atoms in total. The molecule has 0 spiro atoms. The second kappa shape index (κ2) is 7.86. The highest BCUT2D eigenvalue weighted by atomic mass is 79.9. The molecule has 2 rings (SSSR count). The van der Waals surface area contributed by atoms with E-state index in [2.05, 4.69) is 21.2 Å². The highest BCUT2D eigenvalue weighted by Gasteiger charge is 2.14. The molecule has 0 saturated carbocycles. The van der Waals surface area contributed by atoms with Crippen molar-refractivity contribution in [1.82, 2.24) is 5.32 Å². The third kappa shape index (κ3) is 4.90. The molecule has 116 valence electrons. The summed E-state index contributed by atoms with van der Waals surface area (Å²) < 4.78 is 6.54. The number of carbonyl (C=O) groups excluding carboxylic acids is 1. The highest BCUT2D eigenvalue weighted by Crippen LogP contribution is 2.21. The molecule has 1 unspecified atom stereocenters. The van der Waals surface area contributed by atoms with Gasteiger partial charge in [-0.05, 0) is 48.9 Å². The molecule has 1 atom stereocenters. The minimum Gasteiger partial charge on any atom is -0.481 e. The summed E-state index contributed by atoms with van der Waals surface area (Å²) >= 11 is 15.2. The SMILES string of the molecule is CC(Oc1ccc(Br)cc1)C(=O)NCc1ccc(Cl)cc1Cl. The molecule has 0 aromatic heterocycles. The van der Waals surface area contributed by atoms with Crippen molar-refractivity contribution in [3.63, 3.8) is 0 Å². The van der Waals surface area contributed by atoms with Crippen molar-refractivity contribution in [2.45, 2.75) is 19.6 Å². The van der Waals surface area contributed by atoms with Gasteiger partial charge in [0.1, 0.15) is 5.75 Å². The Bertz CT molecular complexity index is 662. The Kier molecular flexibility index (Phi) is 6.12. The molecular formula is C16H14BrCl2NO2. The first-order valence-electron chi connectivity index (χ1n) is 6.59. The molecule has 0 saturated heterocycles. The van der Waals surface area contributed by atoms with E-state index in [-0.39, 0.29) is 5.91 Å². The van der Waals surface area contributed by atoms with Crippen LogP contribution in [-0.4, -0.2) is 12.0 Å². The summed E-state index contributed by atoms with van der Waals surface area (Å²) in [6.45, 7) is 2.02. The third-order valence-electron chi connectivity index (χ3n) is 2.96. The number of nitrogens with one attached hydrogen (secondary N) is 1. The quantitative estimate of drug-likeness (QED) is 0.776. The smallest absolute Gasteiger partial charge is 0.261 e. The van der Waals surface area contributed by atoms with Crippen LogP contribution in [0.1, 0.15) is 12.5 Å². The number of amides is 1. The predicted molar refractivity (Wildman–Crippen MR) is 92.5 cm³/mol. The minimum absolute atomic E-state index is 0.214. The first-order chi connectivity index (χ1) is 10.5. The second-order valence-electron chi connectivity index (χ2n) is 4.67. The molecule has 22 heavy (non-hydrogen) atoms. The number of carbonyl (C=O) groups is 1. The average Bonchev–Trinajstić information content (AvgIpc) is 2.48. The van der Waals surface area contributed by atoms with Crippen molar-refractivity contribution >= 4 is 45.0 Å². The molecule has 0 aliphatic heterocycles. The van der Waals surface area contributed by atoms with E-state index < -0.39 is 6.10 Å². The lowest BCUT2D eigenvalue weighted by Crippen LogP contribution is -2.35. The van der Waals surface area contributed by atoms with Gasteiger partial charge < -0.3 is 10.1 Å². The number of hydrogen-bond donors (Lipinski definition) is 1. The Labute approximate surface area is 147 Å². The lowest BCUT2D eigenvalue weighted by atomic mass is 10.2. The van der Waals surface area contributed by atoms with Gasteiger partial charge in [0, 0.05) is 21.1 Å². The molecule has 2 aromatic rings. The summed E-state index contributed by atoms with van der Waals surface area (Å²) in [4.78, 5) is 12.1. The Morgan fingerprint density at radius 3 is 2.55 bits per heavy atom. The third-order valence-corrected chi connectivity index (χ3v) is 4.08. The largest absolute Gasteiger partial charge is 0.481 e. The Balaban J connectivity index is 1.89. The number of halogens is 3. The molecule has 0 bridgehead atoms. The lowest BCUT2D eigenvalue weighted by molar-refractivity contribution is -0.127. The first kappa shape index (κ1) is 17.1. The van der Waals surface area contributed by atoms with E-state index in [1.165, 1.54) is 0 Å². The van der Waals surface area contributed by atoms with Gasteiger partial charge in [-0.15, -0.1) is 0 Å². The molecule has 0 aliphatic carbocycles. The zero-order valence-corrected chi connectivity index (χ0v) is 14.9. The lowest BCUT2D eigenvalue weighted by Gasteiger charge is -2.15. The second-order valence-corrected chi connectivity index (χ2v) is 6.43. The van der Waals surface area contributed by atoms with Gasteiger partial charge in [0.25, 0.3) is 5.91 Å². The summed E-state index contributed by atoms with van der Waals surface area (Å²) in [6, 6.07) is 12.5. The van der Waals surface area contributed by atoms with Crippen molar-refractivity contribution in [3.8, 4) is 5.75 Å². The standard InChI is InChI=1S/C16H14BrCl2NO2/c1-10(22-14-6-3-12(17)4-7-14)16(21)20-9-11-2-5-13(18)8-15(11)19/h2-8,10H,9H2,1H3,(H,20,21). The first-order valence-corrected chi connectivity index (χ1v) is 8.14. The van der Waals surface area contributed by atoms with Crippen LogP contribution in [0.4, 0.5) is 0 Å². The van der Waals surface area contributed by atoms with E-state index in [9.17, 15) is 4.79 Å². The van der Waals surface area contributed by atoms with Gasteiger partial charge in [-0.1, -0.05) is 45.2 Å². The normalized spacial score (nSPS) is 11.8. The van der Waals surface area contributed by atoms with Gasteiger partial charge in [0.05, 0.1) is 0 Å². The zero-order valence-electron chi connectivity index (χ0n) is 11.8. The maximum absolute atomic E-state index is 12.1. The van der Waals surface area contributed by atoms with Gasteiger partial charge in [-0.3, -0.25) is 4.79 Å². The number of rotatable bonds is 5. The average molecular weight is 403 g/mol. The van der Waals surface area contributed by atoms with Crippen LogP contribution in [0.15, 0.2) is 46.9 Å². The van der Waals surface area contributed by atoms with Crippen molar-refractivity contribution in [2.24, 2.45) is 0 Å². The van der Waals surface area contributed by atoms with Crippen LogP contribution in [0.5, 0.6) is 5.75 Å². The maximum Gasteiger partial charge on any atom is 0.261 e. The van der Waals surface area contributed by atoms with E-state index >= 15 is 0 Å². The van der Waals surface area contributed by atoms with Crippen molar-refractivity contribution in [1.29, 1.82) is 0 Å². The number of ether oxygens (including phenoxy) is 1. The summed E-state index contributed by atoms with van der Waals surface area (Å²) in [5.74, 6) is 0.421. The predicted octanol–water partition coefficient (Wildman–Crippen LogP) is 4.84. The summed E-state index contributed by atoms with van der Waals surface area (Å²) in [5, 5.41) is 3.87. The van der Waals surface area contributed by atoms with Crippen molar-refractivity contribution in [2.75, 3.05) is 0 Å². The Morgan fingerprint density at radius 1 is 1.23 bits per heavy atom. The van der Waals surface area contributed by atoms with Crippen molar-refractivity contribution in [3.05, 3.63) is 62.5 Å². The van der Waals surface area contributed by atoms with Crippen LogP contribution >= 0.6 is 39.1 Å². The number of benzene rings is 2. The van der Waals surface area contributed by atoms with Gasteiger partial charge >= 0.3 is 0 Å². The van der Waals surface area contributed by atoms with Crippen LogP contribution < -0.4 is 10.1 Å². The molecule has 0 heterocycles. The number of hydrogen-bond acceptors (Lipinski definition) is 2. The minimum atomic E-state index is -0.604. The highest BCUT2D eigenvalue weighted by molar-refractivity contribution is 9.10. The van der Waals surface area contributed by atoms with Crippen LogP contribution in [0.2, 0.25) is 10.0 Å². The summed E-state index contributed by atoms with van der Waals surface area (Å²) in [6.07, 6.45) is -0.604. The van der Waals surface area contributed by atoms with Crippen LogP contribution in [0.3, 0.4) is 0 Å². The Morgan fingerprint density at radius 2 is 1.91 bits per heavy atom. The van der Waals surface area contributed by atoms with Gasteiger partial charge in [-0.2, -0.15) is 0 Å². The molecule has 6 heteroatoms. The van der Waals surface area contributed by atoms with Crippen LogP contribution in [0.25, 0.3) is 0 Å². The fraction of sp³-hybridized carbons (Fsp3) is 0.188. The molecule has 0 aliphatic rings. The molecule has 2 aromatic carbocycles. The fourth-order valence-electron chi connectivity index (χ4n) is 1.76. The van der Waals surface area contributed by atoms with Crippen LogP contribution in [0, 0.1) is 0 Å². The van der Waals surface area contributed by atoms with Gasteiger partial charge in [0.15, 0.2) is 6.10 Å². The van der Waals surface area contributed by atoms with Gasteiger partial charge in [-0.25, -0.2) is 0 Å². The van der Waals surface area contributed by atoms with E-state index in [0.717, 1.165) is 10.0 Å². The molecule has 0 radical (unpaired) electrons. The molecule has 1 N–H and O–H groups in total. The monoisotopic (exact) mass is 401 g/mol. The molecule has 1 amide bonds. The van der Waals surface area contributed by atoms with Gasteiger partial charge in [0.2, 0.25) is 0 Å². The Hall–Kier alpha value is -1.23. The fourth-order valence-corrected chi connectivity index (χ4v) is 2.50.